The molecule has 0 saturated carbocycles. The standard InChI is InChI=1S/C15H17N3OSi/c1-20(2,3)10-9-14-11-18(17-16-14)12-15(19)13-7-5-4-6-8-13/h4-8,11H,12H2,1-3H3. The molecule has 2 aromatic rings. The second kappa shape index (κ2) is 5.84. The van der Waals surface area contributed by atoms with Crippen molar-refractivity contribution in [3.05, 3.63) is 47.8 Å². The molecule has 0 radical (unpaired) electrons. The molecule has 0 unspecified atom stereocenters. The largest absolute Gasteiger partial charge is 0.292 e. The average Bonchev–Trinajstić information content (AvgIpc) is 2.84. The lowest BCUT2D eigenvalue weighted by molar-refractivity contribution is 0.0967. The van der Waals surface area contributed by atoms with Gasteiger partial charge in [-0.15, -0.1) is 10.6 Å². The monoisotopic (exact) mass is 283 g/mol. The molecular formula is C15H17N3OSi. The summed E-state index contributed by atoms with van der Waals surface area (Å²) in [7, 11) is -1.42. The van der Waals surface area contributed by atoms with Gasteiger partial charge in [-0.2, -0.15) is 0 Å². The van der Waals surface area contributed by atoms with Crippen LogP contribution >= 0.6 is 0 Å². The quantitative estimate of drug-likeness (QED) is 0.494. The van der Waals surface area contributed by atoms with Crippen molar-refractivity contribution >= 4 is 13.9 Å². The number of carbonyl (C=O) groups excluding carboxylic acids is 1. The van der Waals surface area contributed by atoms with Crippen molar-refractivity contribution in [1.82, 2.24) is 15.0 Å². The molecule has 0 N–H and O–H groups in total. The van der Waals surface area contributed by atoms with Crippen LogP contribution < -0.4 is 0 Å². The van der Waals surface area contributed by atoms with Gasteiger partial charge >= 0.3 is 0 Å². The number of ketones is 1. The summed E-state index contributed by atoms with van der Waals surface area (Å²) in [4.78, 5) is 12.0. The maximum absolute atomic E-state index is 12.0. The Morgan fingerprint density at radius 3 is 2.60 bits per heavy atom. The number of aromatic nitrogens is 3. The first-order valence-electron chi connectivity index (χ1n) is 6.46. The zero-order valence-electron chi connectivity index (χ0n) is 11.9. The fraction of sp³-hybridized carbons (Fsp3) is 0.267. The molecule has 5 heteroatoms. The van der Waals surface area contributed by atoms with Gasteiger partial charge in [-0.3, -0.25) is 4.79 Å². The fourth-order valence-electron chi connectivity index (χ4n) is 1.55. The van der Waals surface area contributed by atoms with Gasteiger partial charge in [0, 0.05) is 5.56 Å². The van der Waals surface area contributed by atoms with Crippen LogP contribution in [0.3, 0.4) is 0 Å². The van der Waals surface area contributed by atoms with Gasteiger partial charge in [0.2, 0.25) is 0 Å². The molecule has 1 aromatic carbocycles. The summed E-state index contributed by atoms with van der Waals surface area (Å²) in [5.74, 6) is 3.04. The Hall–Kier alpha value is -2.19. The number of benzene rings is 1. The van der Waals surface area contributed by atoms with Gasteiger partial charge in [0.15, 0.2) is 11.5 Å². The van der Waals surface area contributed by atoms with Crippen LogP contribution in [-0.4, -0.2) is 28.9 Å². The van der Waals surface area contributed by atoms with E-state index in [0.717, 1.165) is 0 Å². The Morgan fingerprint density at radius 2 is 1.95 bits per heavy atom. The molecule has 0 amide bonds. The van der Waals surface area contributed by atoms with Crippen molar-refractivity contribution in [3.63, 3.8) is 0 Å². The minimum atomic E-state index is -1.42. The number of rotatable bonds is 3. The average molecular weight is 283 g/mol. The van der Waals surface area contributed by atoms with Crippen LogP contribution in [0.4, 0.5) is 0 Å². The minimum absolute atomic E-state index is 0.0141. The van der Waals surface area contributed by atoms with Gasteiger partial charge in [-0.25, -0.2) is 4.68 Å². The Balaban J connectivity index is 2.07. The van der Waals surface area contributed by atoms with E-state index in [9.17, 15) is 4.79 Å². The third-order valence-electron chi connectivity index (χ3n) is 2.51. The van der Waals surface area contributed by atoms with E-state index in [1.54, 1.807) is 18.3 Å². The topological polar surface area (TPSA) is 47.8 Å². The summed E-state index contributed by atoms with van der Waals surface area (Å²) in [5.41, 5.74) is 4.52. The first-order chi connectivity index (χ1) is 9.44. The summed E-state index contributed by atoms with van der Waals surface area (Å²) in [6, 6.07) is 9.17. The lowest BCUT2D eigenvalue weighted by Crippen LogP contribution is -2.16. The number of Topliss-reactive ketones (excluding diaryl/α,β-unsaturated/α-hetero) is 1. The third-order valence-corrected chi connectivity index (χ3v) is 3.38. The summed E-state index contributed by atoms with van der Waals surface area (Å²) in [6.45, 7) is 6.70. The van der Waals surface area contributed by atoms with Crippen molar-refractivity contribution < 1.29 is 4.79 Å². The molecule has 0 atom stereocenters. The molecule has 0 aliphatic rings. The van der Waals surface area contributed by atoms with E-state index in [2.05, 4.69) is 41.4 Å². The van der Waals surface area contributed by atoms with Crippen molar-refractivity contribution in [2.24, 2.45) is 0 Å². The van der Waals surface area contributed by atoms with Crippen molar-refractivity contribution in [1.29, 1.82) is 0 Å². The van der Waals surface area contributed by atoms with E-state index in [1.165, 1.54) is 4.68 Å². The molecular weight excluding hydrogens is 266 g/mol. The Kier molecular flexibility index (Phi) is 4.16. The maximum atomic E-state index is 12.0. The molecule has 2 rings (SSSR count). The summed E-state index contributed by atoms with van der Waals surface area (Å²) in [5, 5.41) is 7.92. The van der Waals surface area contributed by atoms with Crippen LogP contribution in [0.15, 0.2) is 36.5 Å². The van der Waals surface area contributed by atoms with E-state index >= 15 is 0 Å². The predicted octanol–water partition coefficient (Wildman–Crippen LogP) is 2.39. The highest BCUT2D eigenvalue weighted by molar-refractivity contribution is 6.83. The minimum Gasteiger partial charge on any atom is -0.292 e. The molecule has 0 bridgehead atoms. The maximum Gasteiger partial charge on any atom is 0.184 e. The number of hydrogen-bond acceptors (Lipinski definition) is 3. The van der Waals surface area contributed by atoms with E-state index < -0.39 is 8.07 Å². The Bertz CT molecular complexity index is 660. The molecule has 0 saturated heterocycles. The Morgan fingerprint density at radius 1 is 1.25 bits per heavy atom. The van der Waals surface area contributed by atoms with Crippen LogP contribution in [0.5, 0.6) is 0 Å². The van der Waals surface area contributed by atoms with E-state index in [-0.39, 0.29) is 12.3 Å². The molecule has 1 heterocycles. The molecule has 4 nitrogen and oxygen atoms in total. The molecule has 1 aromatic heterocycles. The first kappa shape index (κ1) is 14.2. The van der Waals surface area contributed by atoms with Gasteiger partial charge < -0.3 is 0 Å². The molecule has 0 spiro atoms. The summed E-state index contributed by atoms with van der Waals surface area (Å²) in [6.07, 6.45) is 1.72. The van der Waals surface area contributed by atoms with E-state index in [0.29, 0.717) is 11.3 Å². The molecule has 0 aliphatic carbocycles. The molecule has 0 aliphatic heterocycles. The van der Waals surface area contributed by atoms with Gasteiger partial charge in [0.05, 0.1) is 6.20 Å². The molecule has 20 heavy (non-hydrogen) atoms. The van der Waals surface area contributed by atoms with Crippen LogP contribution in [0.1, 0.15) is 16.1 Å². The van der Waals surface area contributed by atoms with E-state index in [4.69, 9.17) is 0 Å². The lowest BCUT2D eigenvalue weighted by Gasteiger charge is -2.02. The molecule has 0 fully saturated rings. The van der Waals surface area contributed by atoms with Gasteiger partial charge in [0.1, 0.15) is 14.6 Å². The van der Waals surface area contributed by atoms with Gasteiger partial charge in [0.25, 0.3) is 0 Å². The SMILES string of the molecule is C[Si](C)(C)C#Cc1cn(CC(=O)c2ccccc2)nn1. The van der Waals surface area contributed by atoms with E-state index in [1.807, 2.05) is 18.2 Å². The fourth-order valence-corrected chi connectivity index (χ4v) is 2.05. The molecule has 102 valence electrons. The number of carbonyl (C=O) groups is 1. The highest BCUT2D eigenvalue weighted by atomic mass is 28.3. The van der Waals surface area contributed by atoms with Gasteiger partial charge in [-0.05, 0) is 0 Å². The predicted molar refractivity (Wildman–Crippen MR) is 81.0 cm³/mol. The summed E-state index contributed by atoms with van der Waals surface area (Å²) < 4.78 is 1.53. The van der Waals surface area contributed by atoms with Crippen LogP contribution in [0.2, 0.25) is 19.6 Å². The van der Waals surface area contributed by atoms with Gasteiger partial charge in [-0.1, -0.05) is 61.1 Å². The second-order valence-corrected chi connectivity index (χ2v) is 10.3. The van der Waals surface area contributed by atoms with Crippen LogP contribution in [0.25, 0.3) is 0 Å². The smallest absolute Gasteiger partial charge is 0.184 e. The highest BCUT2D eigenvalue weighted by Gasteiger charge is 2.09. The highest BCUT2D eigenvalue weighted by Crippen LogP contribution is 2.03. The second-order valence-electron chi connectivity index (χ2n) is 5.59. The summed E-state index contributed by atoms with van der Waals surface area (Å²) >= 11 is 0. The Labute approximate surface area is 119 Å². The zero-order chi connectivity index (χ0) is 14.6. The normalized spacial score (nSPS) is 10.8. The van der Waals surface area contributed by atoms with Crippen molar-refractivity contribution in [2.45, 2.75) is 26.2 Å². The van der Waals surface area contributed by atoms with Crippen LogP contribution in [0, 0.1) is 11.5 Å². The zero-order valence-corrected chi connectivity index (χ0v) is 12.9. The number of nitrogens with zero attached hydrogens (tertiary/aromatic N) is 3. The van der Waals surface area contributed by atoms with Crippen LogP contribution in [-0.2, 0) is 6.54 Å². The van der Waals surface area contributed by atoms with Crippen molar-refractivity contribution in [2.75, 3.05) is 0 Å². The number of hydrogen-bond donors (Lipinski definition) is 0. The van der Waals surface area contributed by atoms with Crippen molar-refractivity contribution in [3.8, 4) is 11.5 Å². The lowest BCUT2D eigenvalue weighted by atomic mass is 10.1. The third kappa shape index (κ3) is 4.18. The first-order valence-corrected chi connectivity index (χ1v) is 9.96.